The van der Waals surface area contributed by atoms with Crippen molar-refractivity contribution in [1.82, 2.24) is 0 Å². The molecule has 1 aromatic rings. The molecular weight excluding hydrogens is 192 g/mol. The Labute approximate surface area is 87.0 Å². The zero-order valence-electron chi connectivity index (χ0n) is 8.12. The number of anilines is 1. The van der Waals surface area contributed by atoms with Crippen LogP contribution >= 0.6 is 0 Å². The predicted molar refractivity (Wildman–Crippen MR) is 55.2 cm³/mol. The van der Waals surface area contributed by atoms with Gasteiger partial charge in [0.2, 0.25) is 12.0 Å². The van der Waals surface area contributed by atoms with Crippen LogP contribution in [-0.4, -0.2) is 12.0 Å². The highest BCUT2D eigenvalue weighted by Gasteiger charge is 2.16. The van der Waals surface area contributed by atoms with E-state index in [9.17, 15) is 9.59 Å². The number of benzene rings is 1. The Hall–Kier alpha value is -1.93. The van der Waals surface area contributed by atoms with Crippen LogP contribution in [0.25, 0.3) is 0 Å². The van der Waals surface area contributed by atoms with Crippen LogP contribution in [0.5, 0.6) is 0 Å². The zero-order valence-corrected chi connectivity index (χ0v) is 8.12. The number of rotatable bonds is 2. The molecule has 1 aromatic carbocycles. The molecule has 1 N–H and O–H groups in total. The van der Waals surface area contributed by atoms with Gasteiger partial charge in [0.25, 0.3) is 0 Å². The Morgan fingerprint density at radius 1 is 1.40 bits per heavy atom. The number of hydrogen-bond donors (Lipinski definition) is 1. The molecule has 1 aliphatic heterocycles. The number of carbonyl (C=O) groups is 1. The van der Waals surface area contributed by atoms with Crippen LogP contribution in [0, 0.1) is 0 Å². The Kier molecular flexibility index (Phi) is 2.61. The molecule has 0 spiro atoms. The fraction of sp³-hybridized carbons (Fsp3) is 0.273. The van der Waals surface area contributed by atoms with Gasteiger partial charge in [-0.15, -0.1) is 0 Å². The second-order valence-corrected chi connectivity index (χ2v) is 3.40. The van der Waals surface area contributed by atoms with Gasteiger partial charge >= 0.3 is 0 Å². The van der Waals surface area contributed by atoms with E-state index in [1.807, 2.05) is 18.2 Å². The topological polar surface area (TPSA) is 58.5 Å². The number of carbonyl (C=O) groups excluding carboxylic acids is 2. The molecule has 0 saturated heterocycles. The molecule has 0 bridgehead atoms. The van der Waals surface area contributed by atoms with Crippen LogP contribution in [0.2, 0.25) is 0 Å². The smallest absolute Gasteiger partial charge is 0.235 e. The number of aliphatic imine (C=N–C) groups is 1. The van der Waals surface area contributed by atoms with E-state index in [0.717, 1.165) is 16.8 Å². The molecule has 0 saturated carbocycles. The SMILES string of the molecule is O=C=NCc1cccc2c1CCC(=O)N2. The van der Waals surface area contributed by atoms with E-state index in [1.54, 1.807) is 0 Å². The number of fused-ring (bicyclic) bond motifs is 1. The summed E-state index contributed by atoms with van der Waals surface area (Å²) in [7, 11) is 0. The van der Waals surface area contributed by atoms with Crippen molar-refractivity contribution in [3.05, 3.63) is 29.3 Å². The van der Waals surface area contributed by atoms with Crippen LogP contribution in [-0.2, 0) is 22.6 Å². The number of amides is 1. The summed E-state index contributed by atoms with van der Waals surface area (Å²) in [6.07, 6.45) is 2.73. The second kappa shape index (κ2) is 4.07. The number of nitrogens with zero attached hydrogens (tertiary/aromatic N) is 1. The highest BCUT2D eigenvalue weighted by molar-refractivity contribution is 5.94. The Bertz CT molecular complexity index is 448. The maximum atomic E-state index is 11.2. The summed E-state index contributed by atoms with van der Waals surface area (Å²) in [4.78, 5) is 24.7. The molecule has 0 atom stereocenters. The molecule has 76 valence electrons. The number of hydrogen-bond acceptors (Lipinski definition) is 3. The summed E-state index contributed by atoms with van der Waals surface area (Å²) < 4.78 is 0. The standard InChI is InChI=1S/C11H10N2O2/c14-7-12-6-8-2-1-3-10-9(8)4-5-11(15)13-10/h1-3H,4-6H2,(H,13,15). The molecular formula is C11H10N2O2. The number of isocyanates is 1. The fourth-order valence-electron chi connectivity index (χ4n) is 1.76. The van der Waals surface area contributed by atoms with Gasteiger partial charge in [-0.3, -0.25) is 4.79 Å². The molecule has 0 radical (unpaired) electrons. The lowest BCUT2D eigenvalue weighted by molar-refractivity contribution is -0.116. The van der Waals surface area contributed by atoms with Gasteiger partial charge in [-0.25, -0.2) is 9.79 Å². The van der Waals surface area contributed by atoms with Gasteiger partial charge in [-0.1, -0.05) is 12.1 Å². The first-order valence-electron chi connectivity index (χ1n) is 4.75. The van der Waals surface area contributed by atoms with Gasteiger partial charge < -0.3 is 5.32 Å². The van der Waals surface area contributed by atoms with Crippen molar-refractivity contribution >= 4 is 17.7 Å². The van der Waals surface area contributed by atoms with Crippen LogP contribution in [0.15, 0.2) is 23.2 Å². The quantitative estimate of drug-likeness (QED) is 0.582. The highest BCUT2D eigenvalue weighted by Crippen LogP contribution is 2.26. The Morgan fingerprint density at radius 2 is 2.27 bits per heavy atom. The lowest BCUT2D eigenvalue weighted by Gasteiger charge is -2.18. The van der Waals surface area contributed by atoms with Gasteiger partial charge in [-0.05, 0) is 23.6 Å². The maximum absolute atomic E-state index is 11.2. The van der Waals surface area contributed by atoms with Crippen molar-refractivity contribution in [3.8, 4) is 0 Å². The lowest BCUT2D eigenvalue weighted by Crippen LogP contribution is -2.19. The summed E-state index contributed by atoms with van der Waals surface area (Å²) in [5.74, 6) is 0.0403. The molecule has 4 nitrogen and oxygen atoms in total. The van der Waals surface area contributed by atoms with Crippen molar-refractivity contribution in [3.63, 3.8) is 0 Å². The van der Waals surface area contributed by atoms with E-state index >= 15 is 0 Å². The van der Waals surface area contributed by atoms with Gasteiger partial charge in [-0.2, -0.15) is 0 Å². The van der Waals surface area contributed by atoms with E-state index < -0.39 is 0 Å². The third-order valence-electron chi connectivity index (χ3n) is 2.46. The molecule has 1 heterocycles. The highest BCUT2D eigenvalue weighted by atomic mass is 16.1. The van der Waals surface area contributed by atoms with Crippen LogP contribution < -0.4 is 5.32 Å². The van der Waals surface area contributed by atoms with E-state index in [1.165, 1.54) is 6.08 Å². The predicted octanol–water partition coefficient (Wildman–Crippen LogP) is 1.41. The van der Waals surface area contributed by atoms with Crippen molar-refractivity contribution < 1.29 is 9.59 Å². The first kappa shape index (κ1) is 9.62. The minimum absolute atomic E-state index is 0.0403. The monoisotopic (exact) mass is 202 g/mol. The molecule has 0 fully saturated rings. The van der Waals surface area contributed by atoms with E-state index in [2.05, 4.69) is 10.3 Å². The average Bonchev–Trinajstić information content (AvgIpc) is 2.25. The van der Waals surface area contributed by atoms with Gasteiger partial charge in [0.05, 0.1) is 6.54 Å². The normalized spacial score (nSPS) is 13.7. The van der Waals surface area contributed by atoms with E-state index in [0.29, 0.717) is 19.4 Å². The van der Waals surface area contributed by atoms with Crippen molar-refractivity contribution in [2.75, 3.05) is 5.32 Å². The van der Waals surface area contributed by atoms with Crippen LogP contribution in [0.4, 0.5) is 5.69 Å². The fourth-order valence-corrected chi connectivity index (χ4v) is 1.76. The second-order valence-electron chi connectivity index (χ2n) is 3.40. The Morgan fingerprint density at radius 3 is 3.07 bits per heavy atom. The van der Waals surface area contributed by atoms with Gasteiger partial charge in [0, 0.05) is 12.1 Å². The minimum atomic E-state index is 0.0403. The molecule has 0 aliphatic carbocycles. The molecule has 0 unspecified atom stereocenters. The molecule has 4 heteroatoms. The lowest BCUT2D eigenvalue weighted by atomic mass is 9.97. The van der Waals surface area contributed by atoms with E-state index in [4.69, 9.17) is 0 Å². The minimum Gasteiger partial charge on any atom is -0.326 e. The van der Waals surface area contributed by atoms with Crippen molar-refractivity contribution in [2.24, 2.45) is 4.99 Å². The largest absolute Gasteiger partial charge is 0.326 e. The van der Waals surface area contributed by atoms with Crippen molar-refractivity contribution in [1.29, 1.82) is 0 Å². The summed E-state index contributed by atoms with van der Waals surface area (Å²) in [6, 6.07) is 5.62. The maximum Gasteiger partial charge on any atom is 0.235 e. The average molecular weight is 202 g/mol. The molecule has 1 amide bonds. The van der Waals surface area contributed by atoms with Gasteiger partial charge in [0.15, 0.2) is 0 Å². The van der Waals surface area contributed by atoms with E-state index in [-0.39, 0.29) is 5.91 Å². The molecule has 0 aromatic heterocycles. The van der Waals surface area contributed by atoms with Crippen molar-refractivity contribution in [2.45, 2.75) is 19.4 Å². The summed E-state index contributed by atoms with van der Waals surface area (Å²) in [5, 5.41) is 2.80. The molecule has 1 aliphatic rings. The summed E-state index contributed by atoms with van der Waals surface area (Å²) in [6.45, 7) is 0.336. The number of nitrogens with one attached hydrogen (secondary N) is 1. The third-order valence-corrected chi connectivity index (χ3v) is 2.46. The molecule has 2 rings (SSSR count). The zero-order chi connectivity index (χ0) is 10.7. The Balaban J connectivity index is 2.36. The summed E-state index contributed by atoms with van der Waals surface area (Å²) >= 11 is 0. The third kappa shape index (κ3) is 1.95. The van der Waals surface area contributed by atoms with Crippen LogP contribution in [0.1, 0.15) is 17.5 Å². The first-order valence-corrected chi connectivity index (χ1v) is 4.75. The van der Waals surface area contributed by atoms with Gasteiger partial charge in [0.1, 0.15) is 0 Å². The first-order chi connectivity index (χ1) is 7.31. The van der Waals surface area contributed by atoms with Crippen LogP contribution in [0.3, 0.4) is 0 Å². The summed E-state index contributed by atoms with van der Waals surface area (Å²) in [5.41, 5.74) is 2.90. The molecule has 15 heavy (non-hydrogen) atoms.